The molecular weight excluding hydrogens is 1070 g/mol. The minimum absolute atomic E-state index is 0.0259. The summed E-state index contributed by atoms with van der Waals surface area (Å²) in [5.74, 6) is -5.23. The van der Waals surface area contributed by atoms with Crippen molar-refractivity contribution in [2.24, 2.45) is 32.9 Å². The summed E-state index contributed by atoms with van der Waals surface area (Å²) in [6, 6.07) is 17.8. The number of hydrogen-bond acceptors (Lipinski definition) is 14. The van der Waals surface area contributed by atoms with Gasteiger partial charge in [0.05, 0.1) is 12.6 Å². The number of aliphatic imine (C=N–C) groups is 2. The highest BCUT2D eigenvalue weighted by molar-refractivity contribution is 6.30. The number of carbonyl (C=O) groups is 8. The van der Waals surface area contributed by atoms with E-state index in [4.69, 9.17) is 40.3 Å². The Bertz CT molecular complexity index is 2870. The van der Waals surface area contributed by atoms with Crippen LogP contribution in [0.2, 0.25) is 5.02 Å². The van der Waals surface area contributed by atoms with Crippen LogP contribution in [0.5, 0.6) is 11.5 Å². The number of hydrogen-bond donors (Lipinski definition) is 16. The molecule has 6 rings (SSSR count). The Labute approximate surface area is 471 Å². The lowest BCUT2D eigenvalue weighted by Crippen LogP contribution is -2.63. The largest absolute Gasteiger partial charge is 0.508 e. The molecule has 0 aromatic heterocycles. The number of nitrogens with zero attached hydrogens (tertiary/aromatic N) is 2. The minimum atomic E-state index is -1.41. The fraction of sp³-hybridized carbons (Fsp3) is 0.370. The molecule has 2 saturated heterocycles. The van der Waals surface area contributed by atoms with Gasteiger partial charge in [0.25, 0.3) is 0 Å². The number of phenolic OH excluding ortho intramolecular Hbond substituents is 2. The van der Waals surface area contributed by atoms with E-state index < -0.39 is 95.7 Å². The van der Waals surface area contributed by atoms with Crippen molar-refractivity contribution in [2.75, 3.05) is 25.4 Å². The van der Waals surface area contributed by atoms with Crippen molar-refractivity contribution < 1.29 is 53.7 Å². The van der Waals surface area contributed by atoms with Gasteiger partial charge in [-0.3, -0.25) is 48.3 Å². The summed E-state index contributed by atoms with van der Waals surface area (Å²) in [6.07, 6.45) is -0.0847. The van der Waals surface area contributed by atoms with Gasteiger partial charge in [0.2, 0.25) is 47.3 Å². The van der Waals surface area contributed by atoms with Crippen molar-refractivity contribution in [1.29, 1.82) is 0 Å². The first kappa shape index (κ1) is 62.7. The third kappa shape index (κ3) is 21.2. The first-order chi connectivity index (χ1) is 38.5. The zero-order valence-electron chi connectivity index (χ0n) is 44.4. The first-order valence-corrected chi connectivity index (χ1v) is 26.2. The van der Waals surface area contributed by atoms with Crippen molar-refractivity contribution in [2.45, 2.75) is 107 Å². The minimum Gasteiger partial charge on any atom is -0.508 e. The number of aromatic hydroxyl groups is 2. The Balaban J connectivity index is 0.000000298. The molecule has 27 heteroatoms. The lowest BCUT2D eigenvalue weighted by Gasteiger charge is -2.30. The average molecular weight is 1140 g/mol. The molecule has 26 nitrogen and oxygen atoms in total. The number of aliphatic hydroxyl groups excluding tert-OH is 1. The number of carbonyl (C=O) groups excluding carboxylic acids is 8. The summed E-state index contributed by atoms with van der Waals surface area (Å²) in [5, 5.41) is 51.2. The summed E-state index contributed by atoms with van der Waals surface area (Å²) >= 11 is 5.99. The van der Waals surface area contributed by atoms with Crippen molar-refractivity contribution >= 4 is 76.5 Å². The maximum Gasteiger partial charge on any atom is 0.245 e. The van der Waals surface area contributed by atoms with Gasteiger partial charge in [-0.05, 0) is 103 Å². The molecule has 2 aliphatic rings. The standard InChI is InChI=1S/C28H36ClN7O6.C26H34N8O5/c1-15(37)23-27(42)35-22(13-16-4-8-18(29)9-5-16)26(41)34-21(14-17-6-10-19(38)11-7-17)25(40)33-20(24(39)36-23)3-2-12-32-28(30)31;27-17-7-3-15(4-8-17)12-20-24(38)34-21(13-16-5-9-18(35)10-6-16)25(39)33-19(2-1-11-30-26(28)29)23(37)31-14-22(36)32-20/h4-11,15,20-23,37-38H,2-3,12-14H2,1H3,(H,33,40)(H,34,41)(H,35,42)(H,36,39)(H4,30,31,32);3-10,19-21,35H,1-2,11-14,27H2,(H,31,37)(H,32,36)(H,33,39)(H,34,38)(H4,28,29,30). The number of rotatable bonds is 17. The smallest absolute Gasteiger partial charge is 0.245 e. The van der Waals surface area contributed by atoms with Gasteiger partial charge in [-0.2, -0.15) is 0 Å². The Morgan fingerprint density at radius 3 is 1.22 bits per heavy atom. The molecule has 2 heterocycles. The number of phenols is 2. The molecule has 2 aliphatic heterocycles. The van der Waals surface area contributed by atoms with E-state index in [1.165, 1.54) is 31.2 Å². The molecular formula is C54H70ClN15O11. The molecule has 4 aromatic rings. The summed E-state index contributed by atoms with van der Waals surface area (Å²) in [7, 11) is 0. The van der Waals surface area contributed by atoms with Crippen molar-refractivity contribution in [1.82, 2.24) is 42.5 Å². The van der Waals surface area contributed by atoms with E-state index in [0.29, 0.717) is 40.2 Å². The van der Waals surface area contributed by atoms with Gasteiger partial charge in [-0.15, -0.1) is 0 Å². The van der Waals surface area contributed by atoms with Crippen LogP contribution in [0.3, 0.4) is 0 Å². The maximum atomic E-state index is 13.6. The van der Waals surface area contributed by atoms with Crippen LogP contribution >= 0.6 is 11.6 Å². The average Bonchev–Trinajstić information content (AvgIpc) is 3.42. The molecule has 0 bridgehead atoms. The number of guanidine groups is 2. The number of aliphatic hydroxyl groups is 1. The topological polar surface area (TPSA) is 448 Å². The van der Waals surface area contributed by atoms with E-state index in [0.717, 1.165) is 5.56 Å². The van der Waals surface area contributed by atoms with Crippen molar-refractivity contribution in [3.05, 3.63) is 124 Å². The van der Waals surface area contributed by atoms with Gasteiger partial charge in [0.1, 0.15) is 53.8 Å². The second-order valence-corrected chi connectivity index (χ2v) is 19.7. The number of anilines is 1. The van der Waals surface area contributed by atoms with E-state index in [9.17, 15) is 53.7 Å². The monoisotopic (exact) mass is 1140 g/mol. The molecule has 8 unspecified atom stereocenters. The fourth-order valence-electron chi connectivity index (χ4n) is 8.41. The van der Waals surface area contributed by atoms with E-state index >= 15 is 0 Å². The van der Waals surface area contributed by atoms with Crippen LogP contribution < -0.4 is 71.2 Å². The van der Waals surface area contributed by atoms with Gasteiger partial charge in [0, 0.05) is 49.5 Å². The zero-order chi connectivity index (χ0) is 59.2. The van der Waals surface area contributed by atoms with Crippen LogP contribution in [-0.4, -0.2) is 143 Å². The number of nitrogen functional groups attached to an aromatic ring is 1. The van der Waals surface area contributed by atoms with Gasteiger partial charge in [-0.25, -0.2) is 0 Å². The number of nitrogens with one attached hydrogen (secondary N) is 8. The normalized spacial score (nSPS) is 21.4. The summed E-state index contributed by atoms with van der Waals surface area (Å²) in [5.41, 5.74) is 30.4. The Morgan fingerprint density at radius 2 is 0.827 bits per heavy atom. The molecule has 81 heavy (non-hydrogen) atoms. The van der Waals surface area contributed by atoms with Gasteiger partial charge < -0.3 is 86.5 Å². The second kappa shape index (κ2) is 30.8. The number of halogens is 1. The molecule has 2 fully saturated rings. The van der Waals surface area contributed by atoms with E-state index in [1.54, 1.807) is 72.8 Å². The lowest BCUT2D eigenvalue weighted by atomic mass is 10.00. The van der Waals surface area contributed by atoms with Crippen LogP contribution in [0.25, 0.3) is 0 Å². The third-order valence-corrected chi connectivity index (χ3v) is 13.0. The molecule has 0 radical (unpaired) electrons. The molecule has 4 aromatic carbocycles. The molecule has 0 saturated carbocycles. The fourth-order valence-corrected chi connectivity index (χ4v) is 8.53. The first-order valence-electron chi connectivity index (χ1n) is 25.9. The molecule has 0 aliphatic carbocycles. The van der Waals surface area contributed by atoms with Crippen LogP contribution in [-0.2, 0) is 64.0 Å². The molecule has 434 valence electrons. The summed E-state index contributed by atoms with van der Waals surface area (Å²) in [6.45, 7) is 1.36. The molecule has 8 atom stereocenters. The second-order valence-electron chi connectivity index (χ2n) is 19.3. The van der Waals surface area contributed by atoms with E-state index in [-0.39, 0.29) is 81.6 Å². The van der Waals surface area contributed by atoms with E-state index in [1.807, 2.05) is 0 Å². The summed E-state index contributed by atoms with van der Waals surface area (Å²) < 4.78 is 0. The van der Waals surface area contributed by atoms with E-state index in [2.05, 4.69) is 52.5 Å². The van der Waals surface area contributed by atoms with Crippen molar-refractivity contribution in [3.63, 3.8) is 0 Å². The van der Waals surface area contributed by atoms with Crippen LogP contribution in [0.15, 0.2) is 107 Å². The molecule has 8 amide bonds. The highest BCUT2D eigenvalue weighted by Gasteiger charge is 2.36. The highest BCUT2D eigenvalue weighted by Crippen LogP contribution is 2.17. The van der Waals surface area contributed by atoms with Gasteiger partial charge >= 0.3 is 0 Å². The van der Waals surface area contributed by atoms with Crippen molar-refractivity contribution in [3.8, 4) is 11.5 Å². The molecule has 21 N–H and O–H groups in total. The van der Waals surface area contributed by atoms with Gasteiger partial charge in [0.15, 0.2) is 11.9 Å². The predicted molar refractivity (Wildman–Crippen MR) is 301 cm³/mol. The molecule has 0 spiro atoms. The Morgan fingerprint density at radius 1 is 0.494 bits per heavy atom. The van der Waals surface area contributed by atoms with Crippen LogP contribution in [0.1, 0.15) is 54.9 Å². The van der Waals surface area contributed by atoms with Crippen LogP contribution in [0, 0.1) is 0 Å². The SMILES string of the molecule is CC(O)C1NC(=O)C(CCCN=C(N)N)NC(=O)C(Cc2ccc(O)cc2)NC(=O)C(Cc2ccc(Cl)cc2)NC1=O.NC(N)=NCCCC1NC(=O)C(Cc2ccc(O)cc2)NC(=O)C(Cc2ccc(N)cc2)NC(=O)CNC1=O. The third-order valence-electron chi connectivity index (χ3n) is 12.7. The zero-order valence-corrected chi connectivity index (χ0v) is 45.2. The Hall–Kier alpha value is -9.17. The highest BCUT2D eigenvalue weighted by atomic mass is 35.5. The number of benzene rings is 4. The quantitative estimate of drug-likeness (QED) is 0.0227. The summed E-state index contributed by atoms with van der Waals surface area (Å²) in [4.78, 5) is 114. The Kier molecular flexibility index (Phi) is 23.9. The predicted octanol–water partition coefficient (Wildman–Crippen LogP) is -2.38. The number of amides is 8. The maximum absolute atomic E-state index is 13.6. The lowest BCUT2D eigenvalue weighted by molar-refractivity contribution is -0.138. The number of nitrogens with two attached hydrogens (primary N) is 5. The van der Waals surface area contributed by atoms with Gasteiger partial charge in [-0.1, -0.05) is 60.1 Å². The van der Waals surface area contributed by atoms with Crippen LogP contribution in [0.4, 0.5) is 5.69 Å².